The number of methoxy groups -OCH3 is 1. The lowest BCUT2D eigenvalue weighted by Crippen LogP contribution is -2.52. The maximum Gasteiger partial charge on any atom is 0.243 e. The molecule has 1 aliphatic rings. The van der Waals surface area contributed by atoms with Crippen molar-refractivity contribution in [1.82, 2.24) is 14.5 Å². The maximum absolute atomic E-state index is 12.8. The van der Waals surface area contributed by atoms with Gasteiger partial charge in [-0.25, -0.2) is 8.42 Å². The van der Waals surface area contributed by atoms with Crippen LogP contribution in [0.1, 0.15) is 18.5 Å². The molecule has 3 rings (SSSR count). The van der Waals surface area contributed by atoms with Gasteiger partial charge < -0.3 is 15.0 Å². The summed E-state index contributed by atoms with van der Waals surface area (Å²) < 4.78 is 32.1. The van der Waals surface area contributed by atoms with Gasteiger partial charge in [0, 0.05) is 32.2 Å². The summed E-state index contributed by atoms with van der Waals surface area (Å²) in [6, 6.07) is 16.4. The van der Waals surface area contributed by atoms with Gasteiger partial charge in [0.25, 0.3) is 0 Å². The van der Waals surface area contributed by atoms with E-state index < -0.39 is 10.0 Å². The first-order valence-corrected chi connectivity index (χ1v) is 11.1. The molecule has 0 saturated carbocycles. The Labute approximate surface area is 172 Å². The second-order valence-corrected chi connectivity index (χ2v) is 8.91. The molecular formula is C21H27N3O4S. The molecule has 0 unspecified atom stereocenters. The van der Waals surface area contributed by atoms with E-state index in [1.165, 1.54) is 11.4 Å². The van der Waals surface area contributed by atoms with Crippen LogP contribution in [0.15, 0.2) is 59.5 Å². The van der Waals surface area contributed by atoms with Crippen molar-refractivity contribution < 1.29 is 17.9 Å². The van der Waals surface area contributed by atoms with Gasteiger partial charge in [-0.2, -0.15) is 4.31 Å². The van der Waals surface area contributed by atoms with Gasteiger partial charge >= 0.3 is 0 Å². The third-order valence-electron chi connectivity index (χ3n) is 5.15. The van der Waals surface area contributed by atoms with Crippen LogP contribution in [-0.2, 0) is 14.8 Å². The number of nitrogens with one attached hydrogen (secondary N) is 1. The summed E-state index contributed by atoms with van der Waals surface area (Å²) in [4.78, 5) is 14.5. The van der Waals surface area contributed by atoms with Crippen molar-refractivity contribution >= 4 is 15.9 Å². The summed E-state index contributed by atoms with van der Waals surface area (Å²) in [5, 5.41) is 3.24. The van der Waals surface area contributed by atoms with Crippen LogP contribution in [0.4, 0.5) is 0 Å². The number of piperazine rings is 1. The highest BCUT2D eigenvalue weighted by Gasteiger charge is 2.30. The predicted octanol–water partition coefficient (Wildman–Crippen LogP) is 1.88. The monoisotopic (exact) mass is 417 g/mol. The molecule has 1 N–H and O–H groups in total. The van der Waals surface area contributed by atoms with E-state index in [1.54, 1.807) is 29.2 Å². The minimum Gasteiger partial charge on any atom is -0.497 e. The lowest BCUT2D eigenvalue weighted by atomic mass is 10.1. The van der Waals surface area contributed by atoms with Crippen LogP contribution in [0, 0.1) is 0 Å². The second kappa shape index (κ2) is 9.39. The lowest BCUT2D eigenvalue weighted by Gasteiger charge is -2.34. The number of ether oxygens (including phenoxy) is 1. The fraction of sp³-hybridized carbons (Fsp3) is 0.381. The van der Waals surface area contributed by atoms with Gasteiger partial charge in [0.2, 0.25) is 15.9 Å². The molecule has 1 fully saturated rings. The first-order chi connectivity index (χ1) is 13.9. The van der Waals surface area contributed by atoms with Crippen molar-refractivity contribution in [2.45, 2.75) is 17.9 Å². The Morgan fingerprint density at radius 3 is 2.24 bits per heavy atom. The Morgan fingerprint density at radius 2 is 1.66 bits per heavy atom. The van der Waals surface area contributed by atoms with Crippen LogP contribution in [0.3, 0.4) is 0 Å². The summed E-state index contributed by atoms with van der Waals surface area (Å²) in [5.41, 5.74) is 1.12. The number of benzene rings is 2. The van der Waals surface area contributed by atoms with Crippen LogP contribution in [0.5, 0.6) is 5.75 Å². The second-order valence-electron chi connectivity index (χ2n) is 6.97. The zero-order valence-electron chi connectivity index (χ0n) is 16.7. The number of hydrogen-bond donors (Lipinski definition) is 1. The Morgan fingerprint density at radius 1 is 1.03 bits per heavy atom. The van der Waals surface area contributed by atoms with Gasteiger partial charge in [-0.1, -0.05) is 30.3 Å². The molecule has 0 radical (unpaired) electrons. The quantitative estimate of drug-likeness (QED) is 0.744. The molecule has 7 nitrogen and oxygen atoms in total. The fourth-order valence-corrected chi connectivity index (χ4v) is 4.71. The number of sulfonamides is 1. The first-order valence-electron chi connectivity index (χ1n) is 9.62. The van der Waals surface area contributed by atoms with E-state index in [2.05, 4.69) is 5.32 Å². The highest BCUT2D eigenvalue weighted by Crippen LogP contribution is 2.20. The molecule has 8 heteroatoms. The Kier molecular flexibility index (Phi) is 6.89. The SMILES string of the molecule is COc1ccc(S(=O)(=O)N2CCN(C(=O)CN[C@@H](C)c3ccccc3)CC2)cc1. The molecule has 0 aromatic heterocycles. The van der Waals surface area contributed by atoms with Crippen molar-refractivity contribution in [2.75, 3.05) is 39.8 Å². The fourth-order valence-electron chi connectivity index (χ4n) is 3.29. The molecule has 1 saturated heterocycles. The molecular weight excluding hydrogens is 390 g/mol. The Bertz CT molecular complexity index is 909. The van der Waals surface area contributed by atoms with Crippen LogP contribution < -0.4 is 10.1 Å². The maximum atomic E-state index is 12.8. The van der Waals surface area contributed by atoms with Crippen LogP contribution in [0.25, 0.3) is 0 Å². The van der Waals surface area contributed by atoms with Crippen LogP contribution >= 0.6 is 0 Å². The highest BCUT2D eigenvalue weighted by molar-refractivity contribution is 7.89. The van der Waals surface area contributed by atoms with E-state index >= 15 is 0 Å². The van der Waals surface area contributed by atoms with E-state index in [4.69, 9.17) is 4.74 Å². The smallest absolute Gasteiger partial charge is 0.243 e. The molecule has 0 spiro atoms. The van der Waals surface area contributed by atoms with Crippen molar-refractivity contribution in [3.63, 3.8) is 0 Å². The molecule has 1 heterocycles. The molecule has 29 heavy (non-hydrogen) atoms. The molecule has 156 valence electrons. The third kappa shape index (κ3) is 5.14. The van der Waals surface area contributed by atoms with Crippen molar-refractivity contribution in [1.29, 1.82) is 0 Å². The summed E-state index contributed by atoms with van der Waals surface area (Å²) in [6.45, 7) is 3.58. The van der Waals surface area contributed by atoms with Gasteiger partial charge in [-0.3, -0.25) is 4.79 Å². The van der Waals surface area contributed by atoms with Gasteiger partial charge in [-0.15, -0.1) is 0 Å². The molecule has 1 atom stereocenters. The normalized spacial score (nSPS) is 16.4. The molecule has 0 aliphatic carbocycles. The average Bonchev–Trinajstić information content (AvgIpc) is 2.78. The van der Waals surface area contributed by atoms with Gasteiger partial charge in [-0.05, 0) is 36.8 Å². The Hall–Kier alpha value is -2.42. The molecule has 2 aromatic rings. The summed E-state index contributed by atoms with van der Waals surface area (Å²) in [7, 11) is -2.04. The highest BCUT2D eigenvalue weighted by atomic mass is 32.2. The van der Waals surface area contributed by atoms with E-state index in [1.807, 2.05) is 37.3 Å². The van der Waals surface area contributed by atoms with Gasteiger partial charge in [0.05, 0.1) is 18.6 Å². The number of carbonyl (C=O) groups excluding carboxylic acids is 1. The minimum absolute atomic E-state index is 0.0192. The number of carbonyl (C=O) groups is 1. The van der Waals surface area contributed by atoms with E-state index in [-0.39, 0.29) is 36.5 Å². The van der Waals surface area contributed by atoms with E-state index in [0.29, 0.717) is 18.8 Å². The van der Waals surface area contributed by atoms with E-state index in [0.717, 1.165) is 5.56 Å². The Balaban J connectivity index is 1.52. The number of nitrogens with zero attached hydrogens (tertiary/aromatic N) is 2. The van der Waals surface area contributed by atoms with Crippen molar-refractivity contribution in [3.05, 3.63) is 60.2 Å². The summed E-state index contributed by atoms with van der Waals surface area (Å²) in [5.74, 6) is 0.589. The van der Waals surface area contributed by atoms with Crippen molar-refractivity contribution in [2.24, 2.45) is 0 Å². The number of hydrogen-bond acceptors (Lipinski definition) is 5. The van der Waals surface area contributed by atoms with Crippen LogP contribution in [-0.4, -0.2) is 63.4 Å². The standard InChI is InChI=1S/C21H27N3O4S/c1-17(18-6-4-3-5-7-18)22-16-21(25)23-12-14-24(15-13-23)29(26,27)20-10-8-19(28-2)9-11-20/h3-11,17,22H,12-16H2,1-2H3/t17-/m0/s1. The summed E-state index contributed by atoms with van der Waals surface area (Å²) >= 11 is 0. The topological polar surface area (TPSA) is 79.0 Å². The van der Waals surface area contributed by atoms with E-state index in [9.17, 15) is 13.2 Å². The van der Waals surface area contributed by atoms with Crippen molar-refractivity contribution in [3.8, 4) is 5.75 Å². The van der Waals surface area contributed by atoms with Crippen LogP contribution in [0.2, 0.25) is 0 Å². The predicted molar refractivity (Wildman–Crippen MR) is 111 cm³/mol. The zero-order valence-corrected chi connectivity index (χ0v) is 17.6. The number of amides is 1. The third-order valence-corrected chi connectivity index (χ3v) is 7.06. The zero-order chi connectivity index (χ0) is 20.9. The molecule has 0 bridgehead atoms. The number of rotatable bonds is 7. The molecule has 1 aliphatic heterocycles. The van der Waals surface area contributed by atoms with Gasteiger partial charge in [0.1, 0.15) is 5.75 Å². The summed E-state index contributed by atoms with van der Waals surface area (Å²) in [6.07, 6.45) is 0. The minimum atomic E-state index is -3.57. The molecule has 1 amide bonds. The lowest BCUT2D eigenvalue weighted by molar-refractivity contribution is -0.131. The largest absolute Gasteiger partial charge is 0.497 e. The molecule has 2 aromatic carbocycles. The first kappa shape index (κ1) is 21.3. The average molecular weight is 418 g/mol. The van der Waals surface area contributed by atoms with Gasteiger partial charge in [0.15, 0.2) is 0 Å².